The van der Waals surface area contributed by atoms with Gasteiger partial charge in [0.15, 0.2) is 11.5 Å². The minimum Gasteiger partial charge on any atom is -0.493 e. The molecular weight excluding hydrogens is 488 g/mol. The van der Waals surface area contributed by atoms with Crippen LogP contribution >= 0.6 is 0 Å². The van der Waals surface area contributed by atoms with Crippen molar-refractivity contribution in [3.63, 3.8) is 0 Å². The van der Waals surface area contributed by atoms with Gasteiger partial charge in [0.25, 0.3) is 5.91 Å². The smallest absolute Gasteiger partial charge is 0.254 e. The van der Waals surface area contributed by atoms with Crippen molar-refractivity contribution >= 4 is 11.6 Å². The topological polar surface area (TPSA) is 45.2 Å². The number of hydrogen-bond acceptors (Lipinski definition) is 5. The average molecular weight is 522 g/mol. The van der Waals surface area contributed by atoms with Crippen molar-refractivity contribution in [1.82, 2.24) is 9.80 Å². The Bertz CT molecular complexity index is 1260. The van der Waals surface area contributed by atoms with Crippen LogP contribution in [0.3, 0.4) is 0 Å². The summed E-state index contributed by atoms with van der Waals surface area (Å²) in [6, 6.07) is 18.6. The fraction of sp³-hybridized carbons (Fsp3) is 0.367. The number of carbonyl (C=O) groups is 1. The van der Waals surface area contributed by atoms with E-state index in [1.807, 2.05) is 23.1 Å². The molecule has 8 heteroatoms. The zero-order chi connectivity index (χ0) is 26.6. The summed E-state index contributed by atoms with van der Waals surface area (Å²) >= 11 is 0. The van der Waals surface area contributed by atoms with Crippen LogP contribution < -0.4 is 14.4 Å². The fourth-order valence-electron chi connectivity index (χ4n) is 5.66. The van der Waals surface area contributed by atoms with E-state index in [9.17, 15) is 13.6 Å². The summed E-state index contributed by atoms with van der Waals surface area (Å²) in [5.41, 5.74) is 2.48. The Morgan fingerprint density at radius 3 is 2.26 bits per heavy atom. The van der Waals surface area contributed by atoms with E-state index >= 15 is 0 Å². The van der Waals surface area contributed by atoms with Crippen molar-refractivity contribution in [1.29, 1.82) is 0 Å². The first-order valence-electron chi connectivity index (χ1n) is 12.9. The number of halogens is 2. The number of nitrogens with zero attached hydrogens (tertiary/aromatic N) is 3. The molecule has 38 heavy (non-hydrogen) atoms. The SMILES string of the molecule is COc1ccc(C(=O)N2C[C@H](CN3CCN(c4ccc(F)cc4)CC3)[C@H](c3cccc(F)c3)C2)cc1OC. The Morgan fingerprint density at radius 1 is 0.842 bits per heavy atom. The van der Waals surface area contributed by atoms with Gasteiger partial charge in [0.2, 0.25) is 0 Å². The van der Waals surface area contributed by atoms with Gasteiger partial charge in [-0.1, -0.05) is 12.1 Å². The van der Waals surface area contributed by atoms with E-state index in [1.165, 1.54) is 18.2 Å². The van der Waals surface area contributed by atoms with Gasteiger partial charge in [-0.05, 0) is 66.1 Å². The number of piperazine rings is 1. The standard InChI is InChI=1S/C30H33F2N3O3/c1-37-28-11-6-22(17-29(28)38-2)30(36)35-19-23(27(20-35)21-4-3-5-25(32)16-21)18-33-12-14-34(15-13-33)26-9-7-24(31)8-10-26/h3-11,16-17,23,27H,12-15,18-20H2,1-2H3/t23-,27-/m0/s1. The summed E-state index contributed by atoms with van der Waals surface area (Å²) in [5.74, 6) is 0.706. The highest BCUT2D eigenvalue weighted by Gasteiger charge is 2.38. The largest absolute Gasteiger partial charge is 0.493 e. The van der Waals surface area contributed by atoms with Gasteiger partial charge in [-0.3, -0.25) is 9.69 Å². The average Bonchev–Trinajstić information content (AvgIpc) is 3.37. The maximum Gasteiger partial charge on any atom is 0.254 e. The third kappa shape index (κ3) is 5.60. The molecule has 0 saturated carbocycles. The molecular formula is C30H33F2N3O3. The molecule has 3 aromatic carbocycles. The second kappa shape index (κ2) is 11.4. The molecule has 0 unspecified atom stereocenters. The number of ether oxygens (including phenoxy) is 2. The molecule has 0 N–H and O–H groups in total. The van der Waals surface area contributed by atoms with Crippen LogP contribution in [0.15, 0.2) is 66.7 Å². The summed E-state index contributed by atoms with van der Waals surface area (Å²) in [4.78, 5) is 20.1. The van der Waals surface area contributed by atoms with Crippen molar-refractivity contribution in [2.75, 3.05) is 64.9 Å². The van der Waals surface area contributed by atoms with Crippen LogP contribution in [0.5, 0.6) is 11.5 Å². The molecule has 5 rings (SSSR count). The molecule has 1 amide bonds. The quantitative estimate of drug-likeness (QED) is 0.453. The number of methoxy groups -OCH3 is 2. The lowest BCUT2D eigenvalue weighted by Gasteiger charge is -2.37. The third-order valence-corrected chi connectivity index (χ3v) is 7.69. The van der Waals surface area contributed by atoms with Crippen LogP contribution in [-0.4, -0.2) is 75.7 Å². The molecule has 2 atom stereocenters. The molecule has 0 bridgehead atoms. The number of rotatable bonds is 7. The van der Waals surface area contributed by atoms with Crippen molar-refractivity contribution < 1.29 is 23.0 Å². The van der Waals surface area contributed by atoms with E-state index in [0.29, 0.717) is 30.2 Å². The Labute approximate surface area is 222 Å². The van der Waals surface area contributed by atoms with Crippen LogP contribution in [0.4, 0.5) is 14.5 Å². The normalized spacial score (nSPS) is 20.0. The van der Waals surface area contributed by atoms with Crippen molar-refractivity contribution in [2.24, 2.45) is 5.92 Å². The van der Waals surface area contributed by atoms with Gasteiger partial charge < -0.3 is 19.3 Å². The number of likely N-dealkylation sites (tertiary alicyclic amines) is 1. The van der Waals surface area contributed by atoms with Crippen LogP contribution in [0.25, 0.3) is 0 Å². The molecule has 0 spiro atoms. The molecule has 3 aromatic rings. The molecule has 6 nitrogen and oxygen atoms in total. The maximum atomic E-state index is 14.2. The molecule has 2 heterocycles. The predicted octanol–water partition coefficient (Wildman–Crippen LogP) is 4.66. The molecule has 0 aromatic heterocycles. The summed E-state index contributed by atoms with van der Waals surface area (Å²) in [7, 11) is 3.11. The van der Waals surface area contributed by atoms with Crippen molar-refractivity contribution in [3.8, 4) is 11.5 Å². The van der Waals surface area contributed by atoms with E-state index in [-0.39, 0.29) is 29.4 Å². The highest BCUT2D eigenvalue weighted by atomic mass is 19.1. The second-order valence-electron chi connectivity index (χ2n) is 9.97. The summed E-state index contributed by atoms with van der Waals surface area (Å²) in [6.07, 6.45) is 0. The zero-order valence-electron chi connectivity index (χ0n) is 21.8. The number of carbonyl (C=O) groups excluding carboxylic acids is 1. The van der Waals surface area contributed by atoms with E-state index in [0.717, 1.165) is 44.0 Å². The van der Waals surface area contributed by atoms with Crippen molar-refractivity contribution in [2.45, 2.75) is 5.92 Å². The van der Waals surface area contributed by atoms with Crippen molar-refractivity contribution in [3.05, 3.63) is 89.5 Å². The highest BCUT2D eigenvalue weighted by Crippen LogP contribution is 2.36. The molecule has 2 fully saturated rings. The third-order valence-electron chi connectivity index (χ3n) is 7.69. The maximum absolute atomic E-state index is 14.2. The predicted molar refractivity (Wildman–Crippen MR) is 143 cm³/mol. The minimum atomic E-state index is -0.265. The molecule has 0 radical (unpaired) electrons. The van der Waals surface area contributed by atoms with Gasteiger partial charge in [0.1, 0.15) is 11.6 Å². The molecule has 200 valence electrons. The van der Waals surface area contributed by atoms with Crippen LogP contribution in [0.2, 0.25) is 0 Å². The molecule has 0 aliphatic carbocycles. The number of hydrogen-bond donors (Lipinski definition) is 0. The molecule has 2 saturated heterocycles. The van der Waals surface area contributed by atoms with Gasteiger partial charge in [-0.25, -0.2) is 8.78 Å². The lowest BCUT2D eigenvalue weighted by molar-refractivity contribution is 0.0782. The Morgan fingerprint density at radius 2 is 1.58 bits per heavy atom. The van der Waals surface area contributed by atoms with Crippen LogP contribution in [0, 0.1) is 17.6 Å². The Kier molecular flexibility index (Phi) is 7.79. The Balaban J connectivity index is 1.30. The minimum absolute atomic E-state index is 0.0323. The highest BCUT2D eigenvalue weighted by molar-refractivity contribution is 5.95. The van der Waals surface area contributed by atoms with Crippen LogP contribution in [-0.2, 0) is 0 Å². The first kappa shape index (κ1) is 26.0. The first-order chi connectivity index (χ1) is 18.4. The molecule has 2 aliphatic heterocycles. The second-order valence-corrected chi connectivity index (χ2v) is 9.97. The van der Waals surface area contributed by atoms with E-state index in [4.69, 9.17) is 9.47 Å². The Hall–Kier alpha value is -3.65. The van der Waals surface area contributed by atoms with Gasteiger partial charge in [-0.2, -0.15) is 0 Å². The zero-order valence-corrected chi connectivity index (χ0v) is 21.8. The van der Waals surface area contributed by atoms with Gasteiger partial charge in [-0.15, -0.1) is 0 Å². The van der Waals surface area contributed by atoms with E-state index < -0.39 is 0 Å². The fourth-order valence-corrected chi connectivity index (χ4v) is 5.66. The van der Waals surface area contributed by atoms with Gasteiger partial charge >= 0.3 is 0 Å². The monoisotopic (exact) mass is 521 g/mol. The lowest BCUT2D eigenvalue weighted by atomic mass is 9.88. The van der Waals surface area contributed by atoms with Gasteiger partial charge in [0.05, 0.1) is 14.2 Å². The number of benzene rings is 3. The van der Waals surface area contributed by atoms with Gasteiger partial charge in [0, 0.05) is 63.0 Å². The summed E-state index contributed by atoms with van der Waals surface area (Å²) in [6.45, 7) is 5.35. The number of anilines is 1. The lowest BCUT2D eigenvalue weighted by Crippen LogP contribution is -2.48. The molecule has 2 aliphatic rings. The summed E-state index contributed by atoms with van der Waals surface area (Å²) in [5, 5.41) is 0. The van der Waals surface area contributed by atoms with E-state index in [2.05, 4.69) is 9.80 Å². The summed E-state index contributed by atoms with van der Waals surface area (Å²) < 4.78 is 38.2. The van der Waals surface area contributed by atoms with Crippen LogP contribution in [0.1, 0.15) is 21.8 Å². The van der Waals surface area contributed by atoms with E-state index in [1.54, 1.807) is 44.6 Å². The first-order valence-corrected chi connectivity index (χ1v) is 12.9. The number of amides is 1.